The molecule has 0 aliphatic carbocycles. The first-order valence-electron chi connectivity index (χ1n) is 6.54. The van der Waals surface area contributed by atoms with E-state index in [1.807, 2.05) is 12.1 Å². The minimum absolute atomic E-state index is 0.0895. The molecule has 1 saturated heterocycles. The molecule has 2 heterocycles. The summed E-state index contributed by atoms with van der Waals surface area (Å²) in [7, 11) is 1.72. The smallest absolute Gasteiger partial charge is 0.244 e. The van der Waals surface area contributed by atoms with Crippen LogP contribution in [0.4, 0.5) is 0 Å². The van der Waals surface area contributed by atoms with Gasteiger partial charge >= 0.3 is 0 Å². The highest BCUT2D eigenvalue weighted by molar-refractivity contribution is 7.98. The molecule has 0 unspecified atom stereocenters. The summed E-state index contributed by atoms with van der Waals surface area (Å²) < 4.78 is 10.7. The zero-order valence-electron chi connectivity index (χ0n) is 11.5. The fourth-order valence-corrected chi connectivity index (χ4v) is 2.71. The maximum absolute atomic E-state index is 5.37. The molecule has 1 N–H and O–H groups in total. The molecule has 0 spiro atoms. The Morgan fingerprint density at radius 2 is 2.15 bits per heavy atom. The number of aromatic nitrogens is 2. The van der Waals surface area contributed by atoms with Crippen LogP contribution in [-0.2, 0) is 4.74 Å². The van der Waals surface area contributed by atoms with Gasteiger partial charge in [-0.3, -0.25) is 0 Å². The first-order chi connectivity index (χ1) is 9.80. The summed E-state index contributed by atoms with van der Waals surface area (Å²) in [6, 6.07) is 8.24. The Morgan fingerprint density at radius 1 is 1.35 bits per heavy atom. The van der Waals surface area contributed by atoms with Crippen LogP contribution >= 0.6 is 11.8 Å². The Morgan fingerprint density at radius 3 is 2.80 bits per heavy atom. The molecular formula is C14H17N3O2S. The van der Waals surface area contributed by atoms with Gasteiger partial charge in [0, 0.05) is 24.1 Å². The van der Waals surface area contributed by atoms with Gasteiger partial charge in [0.2, 0.25) is 11.7 Å². The second kappa shape index (κ2) is 5.95. The normalized spacial score (nSPS) is 22.3. The van der Waals surface area contributed by atoms with Gasteiger partial charge in [0.25, 0.3) is 0 Å². The quantitative estimate of drug-likeness (QED) is 0.873. The third-order valence-electron chi connectivity index (χ3n) is 3.51. The van der Waals surface area contributed by atoms with Crippen molar-refractivity contribution >= 4 is 11.8 Å². The minimum Gasteiger partial charge on any atom is -0.380 e. The average molecular weight is 291 g/mol. The molecule has 20 heavy (non-hydrogen) atoms. The minimum atomic E-state index is 0.0895. The van der Waals surface area contributed by atoms with Gasteiger partial charge in [-0.15, -0.1) is 11.8 Å². The van der Waals surface area contributed by atoms with Gasteiger partial charge in [-0.1, -0.05) is 5.16 Å². The van der Waals surface area contributed by atoms with E-state index in [-0.39, 0.29) is 12.1 Å². The van der Waals surface area contributed by atoms with E-state index in [4.69, 9.17) is 9.26 Å². The number of methoxy groups -OCH3 is 1. The Labute approximate surface area is 122 Å². The van der Waals surface area contributed by atoms with E-state index in [0.29, 0.717) is 11.7 Å². The molecule has 0 bridgehead atoms. The van der Waals surface area contributed by atoms with Crippen LogP contribution in [0, 0.1) is 0 Å². The molecule has 0 saturated carbocycles. The monoisotopic (exact) mass is 291 g/mol. The van der Waals surface area contributed by atoms with Crippen molar-refractivity contribution in [1.82, 2.24) is 15.5 Å². The predicted octanol–water partition coefficient (Wildman–Crippen LogP) is 2.51. The molecule has 0 radical (unpaired) electrons. The zero-order chi connectivity index (χ0) is 13.9. The number of hydrogen-bond acceptors (Lipinski definition) is 6. The molecule has 1 fully saturated rings. The Hall–Kier alpha value is -1.37. The summed E-state index contributed by atoms with van der Waals surface area (Å²) in [6.07, 6.45) is 3.14. The SMILES string of the molecule is CO[C@@H]1CN[C@@H](c2nc(-c3ccc(SC)cc3)no2)C1. The van der Waals surface area contributed by atoms with Crippen LogP contribution in [0.1, 0.15) is 18.4 Å². The largest absolute Gasteiger partial charge is 0.380 e. The molecule has 5 nitrogen and oxygen atoms in total. The molecule has 1 aliphatic heterocycles. The van der Waals surface area contributed by atoms with Gasteiger partial charge in [0.05, 0.1) is 12.1 Å². The van der Waals surface area contributed by atoms with Crippen LogP contribution in [0.2, 0.25) is 0 Å². The van der Waals surface area contributed by atoms with Crippen molar-refractivity contribution in [3.8, 4) is 11.4 Å². The first-order valence-corrected chi connectivity index (χ1v) is 7.77. The van der Waals surface area contributed by atoms with Crippen LogP contribution in [0.3, 0.4) is 0 Å². The standard InChI is InChI=1S/C14H17N3O2S/c1-18-10-7-12(15-8-10)14-16-13(17-19-14)9-3-5-11(20-2)6-4-9/h3-6,10,12,15H,7-8H2,1-2H3/t10-,12+/m0/s1. The summed E-state index contributed by atoms with van der Waals surface area (Å²) in [5.74, 6) is 1.27. The molecule has 0 amide bonds. The van der Waals surface area contributed by atoms with Crippen LogP contribution in [-0.4, -0.2) is 36.2 Å². The van der Waals surface area contributed by atoms with Crippen molar-refractivity contribution in [3.63, 3.8) is 0 Å². The summed E-state index contributed by atoms with van der Waals surface area (Å²) >= 11 is 1.71. The average Bonchev–Trinajstić information content (AvgIpc) is 3.16. The molecular weight excluding hydrogens is 274 g/mol. The number of thioether (sulfide) groups is 1. The molecule has 6 heteroatoms. The van der Waals surface area contributed by atoms with Gasteiger partial charge in [-0.2, -0.15) is 4.98 Å². The lowest BCUT2D eigenvalue weighted by Crippen LogP contribution is -2.16. The molecule has 2 aromatic rings. The molecule has 1 aromatic heterocycles. The van der Waals surface area contributed by atoms with Crippen LogP contribution < -0.4 is 5.32 Å². The van der Waals surface area contributed by atoms with E-state index < -0.39 is 0 Å². The van der Waals surface area contributed by atoms with Gasteiger partial charge in [0.15, 0.2) is 0 Å². The lowest BCUT2D eigenvalue weighted by Gasteiger charge is -2.04. The summed E-state index contributed by atoms with van der Waals surface area (Å²) in [5.41, 5.74) is 0.971. The molecule has 3 rings (SSSR count). The second-order valence-corrected chi connectivity index (χ2v) is 5.62. The van der Waals surface area contributed by atoms with Crippen LogP contribution in [0.25, 0.3) is 11.4 Å². The number of hydrogen-bond donors (Lipinski definition) is 1. The Kier molecular flexibility index (Phi) is 4.05. The van der Waals surface area contributed by atoms with E-state index in [2.05, 4.69) is 33.8 Å². The van der Waals surface area contributed by atoms with E-state index >= 15 is 0 Å². The van der Waals surface area contributed by atoms with Gasteiger partial charge in [-0.25, -0.2) is 0 Å². The highest BCUT2D eigenvalue weighted by atomic mass is 32.2. The second-order valence-electron chi connectivity index (χ2n) is 4.74. The molecule has 106 valence electrons. The Bertz CT molecular complexity index is 570. The van der Waals surface area contributed by atoms with Crippen molar-refractivity contribution in [2.45, 2.75) is 23.5 Å². The number of benzene rings is 1. The third kappa shape index (κ3) is 2.72. The number of rotatable bonds is 4. The number of ether oxygens (including phenoxy) is 1. The van der Waals surface area contributed by atoms with Crippen LogP contribution in [0.15, 0.2) is 33.7 Å². The van der Waals surface area contributed by atoms with Crippen molar-refractivity contribution in [2.75, 3.05) is 19.9 Å². The maximum Gasteiger partial charge on any atom is 0.244 e. The summed E-state index contributed by atoms with van der Waals surface area (Å²) in [6.45, 7) is 0.821. The molecule has 1 aliphatic rings. The fraction of sp³-hybridized carbons (Fsp3) is 0.429. The predicted molar refractivity (Wildman–Crippen MR) is 77.7 cm³/mol. The van der Waals surface area contributed by atoms with Crippen LogP contribution in [0.5, 0.6) is 0 Å². The van der Waals surface area contributed by atoms with Crippen molar-refractivity contribution in [2.24, 2.45) is 0 Å². The highest BCUT2D eigenvalue weighted by Crippen LogP contribution is 2.26. The number of nitrogens with one attached hydrogen (secondary N) is 1. The molecule has 1 aromatic carbocycles. The summed E-state index contributed by atoms with van der Waals surface area (Å²) in [5, 5.41) is 7.40. The van der Waals surface area contributed by atoms with Gasteiger partial charge < -0.3 is 14.6 Å². The van der Waals surface area contributed by atoms with E-state index in [9.17, 15) is 0 Å². The molecule has 2 atom stereocenters. The third-order valence-corrected chi connectivity index (χ3v) is 4.26. The van der Waals surface area contributed by atoms with E-state index in [0.717, 1.165) is 18.5 Å². The first kappa shape index (κ1) is 13.6. The van der Waals surface area contributed by atoms with Crippen molar-refractivity contribution in [1.29, 1.82) is 0 Å². The lowest BCUT2D eigenvalue weighted by molar-refractivity contribution is 0.116. The number of nitrogens with zero attached hydrogens (tertiary/aromatic N) is 2. The van der Waals surface area contributed by atoms with Crippen molar-refractivity contribution in [3.05, 3.63) is 30.2 Å². The van der Waals surface area contributed by atoms with E-state index in [1.165, 1.54) is 4.90 Å². The van der Waals surface area contributed by atoms with E-state index in [1.54, 1.807) is 18.9 Å². The lowest BCUT2D eigenvalue weighted by atomic mass is 10.2. The van der Waals surface area contributed by atoms with Gasteiger partial charge in [-0.05, 0) is 36.9 Å². The fourth-order valence-electron chi connectivity index (χ4n) is 2.31. The summed E-state index contributed by atoms with van der Waals surface area (Å²) in [4.78, 5) is 5.70. The zero-order valence-corrected chi connectivity index (χ0v) is 12.3. The highest BCUT2D eigenvalue weighted by Gasteiger charge is 2.29. The maximum atomic E-state index is 5.37. The Balaban J connectivity index is 1.76. The van der Waals surface area contributed by atoms with Gasteiger partial charge in [0.1, 0.15) is 0 Å². The van der Waals surface area contributed by atoms with Crippen molar-refractivity contribution < 1.29 is 9.26 Å². The topological polar surface area (TPSA) is 60.2 Å².